The standard InChI is InChI=1S/C19H15N/c1-20-18-12-6-4-10-16(18)14-8-2-3-9-15(14)17-11-5-7-13-19(17)20/h2-13H,1H3. The highest BCUT2D eigenvalue weighted by Crippen LogP contribution is 2.46. The summed E-state index contributed by atoms with van der Waals surface area (Å²) in [5.41, 5.74) is 7.71. The Morgan fingerprint density at radius 1 is 0.500 bits per heavy atom. The molecule has 0 spiro atoms. The van der Waals surface area contributed by atoms with Gasteiger partial charge in [-0.25, -0.2) is 0 Å². The average Bonchev–Trinajstić information content (AvgIpc) is 2.64. The lowest BCUT2D eigenvalue weighted by molar-refractivity contribution is 1.22. The number of rotatable bonds is 0. The van der Waals surface area contributed by atoms with Crippen LogP contribution in [0.1, 0.15) is 0 Å². The summed E-state index contributed by atoms with van der Waals surface area (Å²) in [5, 5.41) is 0. The first kappa shape index (κ1) is 11.3. The zero-order valence-electron chi connectivity index (χ0n) is 11.4. The third kappa shape index (κ3) is 1.50. The first-order chi connectivity index (χ1) is 9.86. The second-order valence-electron chi connectivity index (χ2n) is 5.14. The Morgan fingerprint density at radius 2 is 0.850 bits per heavy atom. The molecule has 0 aliphatic carbocycles. The molecule has 1 heteroatoms. The largest absolute Gasteiger partial charge is 0.344 e. The Kier molecular flexibility index (Phi) is 2.40. The fraction of sp³-hybridized carbons (Fsp3) is 0.0526. The topological polar surface area (TPSA) is 3.24 Å². The Morgan fingerprint density at radius 3 is 1.30 bits per heavy atom. The van der Waals surface area contributed by atoms with Gasteiger partial charge in [0, 0.05) is 29.5 Å². The van der Waals surface area contributed by atoms with Gasteiger partial charge in [0.1, 0.15) is 0 Å². The van der Waals surface area contributed by atoms with Gasteiger partial charge in [0.25, 0.3) is 0 Å². The van der Waals surface area contributed by atoms with E-state index >= 15 is 0 Å². The SMILES string of the molecule is CN1c2ccccc2-c2ccccc2-c2ccccc21. The van der Waals surface area contributed by atoms with Gasteiger partial charge < -0.3 is 4.90 Å². The molecule has 0 bridgehead atoms. The molecule has 3 aromatic carbocycles. The highest BCUT2D eigenvalue weighted by molar-refractivity contribution is 5.99. The predicted octanol–water partition coefficient (Wildman–Crippen LogP) is 5.10. The number of hydrogen-bond acceptors (Lipinski definition) is 1. The van der Waals surface area contributed by atoms with Crippen LogP contribution in [0.15, 0.2) is 72.8 Å². The minimum Gasteiger partial charge on any atom is -0.344 e. The normalized spacial score (nSPS) is 12.2. The van der Waals surface area contributed by atoms with Crippen LogP contribution in [0.2, 0.25) is 0 Å². The number of anilines is 2. The van der Waals surface area contributed by atoms with E-state index in [4.69, 9.17) is 0 Å². The molecule has 1 aliphatic rings. The lowest BCUT2D eigenvalue weighted by Gasteiger charge is -2.21. The van der Waals surface area contributed by atoms with Crippen molar-refractivity contribution in [3.8, 4) is 22.3 Å². The third-order valence-electron chi connectivity index (χ3n) is 4.04. The van der Waals surface area contributed by atoms with Gasteiger partial charge in [0.05, 0.1) is 0 Å². The zero-order valence-corrected chi connectivity index (χ0v) is 11.4. The number of fused-ring (bicyclic) bond motifs is 5. The van der Waals surface area contributed by atoms with E-state index < -0.39 is 0 Å². The van der Waals surface area contributed by atoms with E-state index in [1.807, 2.05) is 0 Å². The van der Waals surface area contributed by atoms with E-state index in [0.717, 1.165) is 0 Å². The Bertz CT molecular complexity index is 723. The van der Waals surface area contributed by atoms with Gasteiger partial charge in [-0.15, -0.1) is 0 Å². The van der Waals surface area contributed by atoms with Crippen molar-refractivity contribution in [2.24, 2.45) is 0 Å². The number of benzene rings is 3. The van der Waals surface area contributed by atoms with Crippen molar-refractivity contribution in [1.29, 1.82) is 0 Å². The maximum Gasteiger partial charge on any atom is 0.0488 e. The molecule has 0 atom stereocenters. The minimum absolute atomic E-state index is 1.25. The summed E-state index contributed by atoms with van der Waals surface area (Å²) in [7, 11) is 2.14. The van der Waals surface area contributed by atoms with E-state index in [2.05, 4.69) is 84.7 Å². The van der Waals surface area contributed by atoms with Crippen molar-refractivity contribution in [1.82, 2.24) is 0 Å². The molecule has 1 aliphatic heterocycles. The van der Waals surface area contributed by atoms with Crippen molar-refractivity contribution in [2.45, 2.75) is 0 Å². The molecule has 0 N–H and O–H groups in total. The lowest BCUT2D eigenvalue weighted by Crippen LogP contribution is -2.09. The van der Waals surface area contributed by atoms with E-state index in [1.54, 1.807) is 0 Å². The van der Waals surface area contributed by atoms with Crippen molar-refractivity contribution in [3.05, 3.63) is 72.8 Å². The summed E-state index contributed by atoms with van der Waals surface area (Å²) in [4.78, 5) is 2.28. The summed E-state index contributed by atoms with van der Waals surface area (Å²) in [6.45, 7) is 0. The summed E-state index contributed by atoms with van der Waals surface area (Å²) in [6.07, 6.45) is 0. The quantitative estimate of drug-likeness (QED) is 0.541. The van der Waals surface area contributed by atoms with Gasteiger partial charge in [-0.1, -0.05) is 60.7 Å². The fourth-order valence-corrected chi connectivity index (χ4v) is 3.07. The average molecular weight is 257 g/mol. The first-order valence-electron chi connectivity index (χ1n) is 6.88. The fourth-order valence-electron chi connectivity index (χ4n) is 3.07. The van der Waals surface area contributed by atoms with Crippen molar-refractivity contribution < 1.29 is 0 Å². The molecule has 1 nitrogen and oxygen atoms in total. The number of nitrogens with zero attached hydrogens (tertiary/aromatic N) is 1. The van der Waals surface area contributed by atoms with Crippen molar-refractivity contribution in [3.63, 3.8) is 0 Å². The number of para-hydroxylation sites is 2. The van der Waals surface area contributed by atoms with E-state index in [1.165, 1.54) is 33.6 Å². The summed E-state index contributed by atoms with van der Waals surface area (Å²) >= 11 is 0. The summed E-state index contributed by atoms with van der Waals surface area (Å²) in [5.74, 6) is 0. The molecule has 0 amide bonds. The van der Waals surface area contributed by atoms with Crippen LogP contribution in [0, 0.1) is 0 Å². The third-order valence-corrected chi connectivity index (χ3v) is 4.04. The van der Waals surface area contributed by atoms with Gasteiger partial charge in [-0.2, -0.15) is 0 Å². The lowest BCUT2D eigenvalue weighted by atomic mass is 9.95. The van der Waals surface area contributed by atoms with Crippen LogP contribution in [-0.4, -0.2) is 7.05 Å². The van der Waals surface area contributed by atoms with Crippen LogP contribution in [0.25, 0.3) is 22.3 Å². The molecule has 0 unspecified atom stereocenters. The smallest absolute Gasteiger partial charge is 0.0488 e. The molecular weight excluding hydrogens is 242 g/mol. The first-order valence-corrected chi connectivity index (χ1v) is 6.88. The monoisotopic (exact) mass is 257 g/mol. The van der Waals surface area contributed by atoms with Crippen LogP contribution < -0.4 is 4.90 Å². The van der Waals surface area contributed by atoms with Gasteiger partial charge >= 0.3 is 0 Å². The molecule has 0 fully saturated rings. The van der Waals surface area contributed by atoms with E-state index in [-0.39, 0.29) is 0 Å². The van der Waals surface area contributed by atoms with Crippen molar-refractivity contribution >= 4 is 11.4 Å². The summed E-state index contributed by atoms with van der Waals surface area (Å²) in [6, 6.07) is 25.9. The van der Waals surface area contributed by atoms with E-state index in [0.29, 0.717) is 0 Å². The van der Waals surface area contributed by atoms with Gasteiger partial charge in [0.15, 0.2) is 0 Å². The molecule has 0 saturated carbocycles. The Hall–Kier alpha value is -2.54. The molecule has 0 aromatic heterocycles. The molecule has 0 radical (unpaired) electrons. The molecule has 0 saturated heterocycles. The van der Waals surface area contributed by atoms with Crippen molar-refractivity contribution in [2.75, 3.05) is 11.9 Å². The number of hydrogen-bond donors (Lipinski definition) is 0. The van der Waals surface area contributed by atoms with Crippen LogP contribution in [-0.2, 0) is 0 Å². The highest BCUT2D eigenvalue weighted by Gasteiger charge is 2.21. The molecule has 4 rings (SSSR count). The molecule has 20 heavy (non-hydrogen) atoms. The van der Waals surface area contributed by atoms with Crippen LogP contribution in [0.3, 0.4) is 0 Å². The zero-order chi connectivity index (χ0) is 13.5. The van der Waals surface area contributed by atoms with E-state index in [9.17, 15) is 0 Å². The maximum absolute atomic E-state index is 2.28. The Balaban J connectivity index is 2.17. The van der Waals surface area contributed by atoms with Gasteiger partial charge in [-0.05, 0) is 23.3 Å². The minimum atomic E-state index is 1.25. The summed E-state index contributed by atoms with van der Waals surface area (Å²) < 4.78 is 0. The second-order valence-corrected chi connectivity index (χ2v) is 5.14. The van der Waals surface area contributed by atoms with Gasteiger partial charge in [0.2, 0.25) is 0 Å². The van der Waals surface area contributed by atoms with Crippen LogP contribution >= 0.6 is 0 Å². The maximum atomic E-state index is 2.28. The molecule has 3 aromatic rings. The molecule has 1 heterocycles. The van der Waals surface area contributed by atoms with Crippen LogP contribution in [0.4, 0.5) is 11.4 Å². The second kappa shape index (κ2) is 4.24. The molecule has 96 valence electrons. The predicted molar refractivity (Wildman–Crippen MR) is 85.4 cm³/mol. The Labute approximate surface area is 119 Å². The highest BCUT2D eigenvalue weighted by atomic mass is 15.1. The molecular formula is C19H15N. The van der Waals surface area contributed by atoms with Gasteiger partial charge in [-0.3, -0.25) is 0 Å². The van der Waals surface area contributed by atoms with Crippen LogP contribution in [0.5, 0.6) is 0 Å².